The maximum atomic E-state index is 12.3. The van der Waals surface area contributed by atoms with Crippen LogP contribution < -0.4 is 5.32 Å². The highest BCUT2D eigenvalue weighted by Crippen LogP contribution is 2.12. The lowest BCUT2D eigenvalue weighted by molar-refractivity contribution is -0.131. The van der Waals surface area contributed by atoms with Crippen LogP contribution >= 0.6 is 0 Å². The average Bonchev–Trinajstić information content (AvgIpc) is 2.42. The van der Waals surface area contributed by atoms with Crippen LogP contribution in [0.5, 0.6) is 0 Å². The summed E-state index contributed by atoms with van der Waals surface area (Å²) in [5.74, 6) is 0.256. The van der Waals surface area contributed by atoms with E-state index < -0.39 is 0 Å². The molecular weight excluding hydrogens is 236 g/mol. The number of rotatable bonds is 4. The Balaban J connectivity index is 1.90. The van der Waals surface area contributed by atoms with Gasteiger partial charge in [-0.15, -0.1) is 0 Å². The monoisotopic (exact) mass is 260 g/mol. The molecule has 0 aromatic heterocycles. The minimum atomic E-state index is 0.256. The molecule has 0 saturated carbocycles. The number of amides is 1. The van der Waals surface area contributed by atoms with Gasteiger partial charge in [0.15, 0.2) is 0 Å². The van der Waals surface area contributed by atoms with Gasteiger partial charge < -0.3 is 10.2 Å². The fourth-order valence-corrected chi connectivity index (χ4v) is 2.65. The summed E-state index contributed by atoms with van der Waals surface area (Å²) in [4.78, 5) is 14.3. The second kappa shape index (κ2) is 6.71. The first-order valence-electron chi connectivity index (χ1n) is 7.25. The predicted molar refractivity (Wildman–Crippen MR) is 78.2 cm³/mol. The van der Waals surface area contributed by atoms with Gasteiger partial charge in [0.05, 0.1) is 6.42 Å². The second-order valence-electron chi connectivity index (χ2n) is 5.40. The number of hydrogen-bond acceptors (Lipinski definition) is 2. The third-order valence-electron chi connectivity index (χ3n) is 3.74. The van der Waals surface area contributed by atoms with Crippen LogP contribution in [0, 0.1) is 6.92 Å². The Hall–Kier alpha value is -1.35. The van der Waals surface area contributed by atoms with Crippen molar-refractivity contribution in [1.82, 2.24) is 10.2 Å². The van der Waals surface area contributed by atoms with Crippen molar-refractivity contribution in [2.24, 2.45) is 0 Å². The molecule has 1 aromatic carbocycles. The van der Waals surface area contributed by atoms with Crippen LogP contribution in [-0.4, -0.2) is 36.5 Å². The van der Waals surface area contributed by atoms with E-state index in [0.717, 1.165) is 31.6 Å². The van der Waals surface area contributed by atoms with E-state index in [-0.39, 0.29) is 5.91 Å². The topological polar surface area (TPSA) is 32.3 Å². The molecule has 0 bridgehead atoms. The lowest BCUT2D eigenvalue weighted by atomic mass is 10.0. The Morgan fingerprint density at radius 3 is 2.79 bits per heavy atom. The van der Waals surface area contributed by atoms with Gasteiger partial charge >= 0.3 is 0 Å². The lowest BCUT2D eigenvalue weighted by Gasteiger charge is -2.33. The van der Waals surface area contributed by atoms with Gasteiger partial charge in [0.1, 0.15) is 0 Å². The van der Waals surface area contributed by atoms with Crippen LogP contribution in [0.15, 0.2) is 24.3 Å². The van der Waals surface area contributed by atoms with E-state index in [1.54, 1.807) is 0 Å². The second-order valence-corrected chi connectivity index (χ2v) is 5.40. The summed E-state index contributed by atoms with van der Waals surface area (Å²) in [6.45, 7) is 6.93. The van der Waals surface area contributed by atoms with E-state index in [9.17, 15) is 4.79 Å². The van der Waals surface area contributed by atoms with Crippen molar-refractivity contribution in [2.45, 2.75) is 39.2 Å². The Bertz CT molecular complexity index is 411. The highest BCUT2D eigenvalue weighted by molar-refractivity contribution is 5.78. The van der Waals surface area contributed by atoms with Crippen LogP contribution in [0.1, 0.15) is 30.9 Å². The minimum Gasteiger partial charge on any atom is -0.341 e. The van der Waals surface area contributed by atoms with Crippen LogP contribution in [0.25, 0.3) is 0 Å². The first kappa shape index (κ1) is 14.1. The average molecular weight is 260 g/mol. The Morgan fingerprint density at radius 2 is 2.11 bits per heavy atom. The van der Waals surface area contributed by atoms with Crippen molar-refractivity contribution >= 4 is 5.91 Å². The number of nitrogens with one attached hydrogen (secondary N) is 1. The number of carbonyl (C=O) groups is 1. The van der Waals surface area contributed by atoms with Crippen LogP contribution in [0.4, 0.5) is 0 Å². The molecule has 1 heterocycles. The molecule has 1 aromatic rings. The van der Waals surface area contributed by atoms with Crippen molar-refractivity contribution < 1.29 is 4.79 Å². The van der Waals surface area contributed by atoms with Gasteiger partial charge in [-0.3, -0.25) is 4.79 Å². The normalized spacial score (nSPS) is 19.5. The van der Waals surface area contributed by atoms with Crippen molar-refractivity contribution in [2.75, 3.05) is 19.6 Å². The molecule has 19 heavy (non-hydrogen) atoms. The molecule has 0 radical (unpaired) electrons. The van der Waals surface area contributed by atoms with Crippen molar-refractivity contribution in [3.8, 4) is 0 Å². The maximum Gasteiger partial charge on any atom is 0.227 e. The Kier molecular flexibility index (Phi) is 4.97. The smallest absolute Gasteiger partial charge is 0.227 e. The summed E-state index contributed by atoms with van der Waals surface area (Å²) in [5.41, 5.74) is 2.35. The molecule has 2 rings (SSSR count). The molecule has 0 spiro atoms. The number of benzene rings is 1. The number of hydrogen-bond donors (Lipinski definition) is 1. The Labute approximate surface area is 116 Å². The number of likely N-dealkylation sites (N-methyl/N-ethyl adjacent to an activating group) is 1. The number of nitrogens with zero attached hydrogens (tertiary/aromatic N) is 1. The zero-order valence-electron chi connectivity index (χ0n) is 12.0. The maximum absolute atomic E-state index is 12.3. The summed E-state index contributed by atoms with van der Waals surface area (Å²) in [7, 11) is 0. The highest BCUT2D eigenvalue weighted by Gasteiger charge is 2.22. The summed E-state index contributed by atoms with van der Waals surface area (Å²) >= 11 is 0. The molecule has 1 amide bonds. The SMILES string of the molecule is CCNC1CCCN(C(=O)Cc2ccc(C)cc2)C1. The minimum absolute atomic E-state index is 0.256. The molecule has 1 aliphatic heterocycles. The van der Waals surface area contributed by atoms with E-state index in [1.807, 2.05) is 4.90 Å². The molecule has 3 heteroatoms. The standard InChI is InChI=1S/C16H24N2O/c1-3-17-15-5-4-10-18(12-15)16(19)11-14-8-6-13(2)7-9-14/h6-9,15,17H,3-5,10-12H2,1-2H3. The van der Waals surface area contributed by atoms with Gasteiger partial charge in [-0.2, -0.15) is 0 Å². The summed E-state index contributed by atoms with van der Waals surface area (Å²) in [6, 6.07) is 8.72. The quantitative estimate of drug-likeness (QED) is 0.899. The largest absolute Gasteiger partial charge is 0.341 e. The fraction of sp³-hybridized carbons (Fsp3) is 0.562. The molecule has 1 atom stereocenters. The van der Waals surface area contributed by atoms with Gasteiger partial charge in [0.2, 0.25) is 5.91 Å². The van der Waals surface area contributed by atoms with Gasteiger partial charge in [-0.05, 0) is 31.9 Å². The van der Waals surface area contributed by atoms with Crippen molar-refractivity contribution in [1.29, 1.82) is 0 Å². The van der Waals surface area contributed by atoms with E-state index in [0.29, 0.717) is 12.5 Å². The third kappa shape index (κ3) is 4.06. The van der Waals surface area contributed by atoms with E-state index in [2.05, 4.69) is 43.4 Å². The predicted octanol–water partition coefficient (Wildman–Crippen LogP) is 2.14. The van der Waals surface area contributed by atoms with Crippen LogP contribution in [0.2, 0.25) is 0 Å². The first-order valence-corrected chi connectivity index (χ1v) is 7.25. The van der Waals surface area contributed by atoms with Crippen molar-refractivity contribution in [3.63, 3.8) is 0 Å². The Morgan fingerprint density at radius 1 is 1.37 bits per heavy atom. The number of aryl methyl sites for hydroxylation is 1. The van der Waals surface area contributed by atoms with Gasteiger partial charge in [0.25, 0.3) is 0 Å². The van der Waals surface area contributed by atoms with Gasteiger partial charge in [-0.1, -0.05) is 36.8 Å². The van der Waals surface area contributed by atoms with E-state index >= 15 is 0 Å². The number of likely N-dealkylation sites (tertiary alicyclic amines) is 1. The van der Waals surface area contributed by atoms with E-state index in [1.165, 1.54) is 12.0 Å². The molecule has 1 aliphatic rings. The summed E-state index contributed by atoms with van der Waals surface area (Å²) in [6.07, 6.45) is 2.82. The first-order chi connectivity index (χ1) is 9.19. The highest BCUT2D eigenvalue weighted by atomic mass is 16.2. The van der Waals surface area contributed by atoms with Crippen molar-refractivity contribution in [3.05, 3.63) is 35.4 Å². The third-order valence-corrected chi connectivity index (χ3v) is 3.74. The van der Waals surface area contributed by atoms with Gasteiger partial charge in [0, 0.05) is 19.1 Å². The molecule has 1 saturated heterocycles. The zero-order valence-corrected chi connectivity index (χ0v) is 12.0. The zero-order chi connectivity index (χ0) is 13.7. The molecule has 1 N–H and O–H groups in total. The lowest BCUT2D eigenvalue weighted by Crippen LogP contribution is -2.48. The molecule has 1 unspecified atom stereocenters. The van der Waals surface area contributed by atoms with Gasteiger partial charge in [-0.25, -0.2) is 0 Å². The molecule has 3 nitrogen and oxygen atoms in total. The number of piperidine rings is 1. The summed E-state index contributed by atoms with van der Waals surface area (Å²) in [5, 5.41) is 3.45. The van der Waals surface area contributed by atoms with E-state index in [4.69, 9.17) is 0 Å². The number of carbonyl (C=O) groups excluding carboxylic acids is 1. The van der Waals surface area contributed by atoms with Crippen LogP contribution in [0.3, 0.4) is 0 Å². The molecule has 104 valence electrons. The van der Waals surface area contributed by atoms with Crippen LogP contribution in [-0.2, 0) is 11.2 Å². The molecule has 1 fully saturated rings. The molecule has 0 aliphatic carbocycles. The molecular formula is C16H24N2O. The summed E-state index contributed by atoms with van der Waals surface area (Å²) < 4.78 is 0. The fourth-order valence-electron chi connectivity index (χ4n) is 2.65.